The van der Waals surface area contributed by atoms with Gasteiger partial charge in [0.1, 0.15) is 38.6 Å². The Balaban J connectivity index is 0.000000762. The summed E-state index contributed by atoms with van der Waals surface area (Å²) in [5.41, 5.74) is 0. The maximum atomic E-state index is 10.8. The number of rotatable bonds is 18. The van der Waals surface area contributed by atoms with E-state index in [0.717, 1.165) is 23.7 Å². The number of carbonyl (C=O) groups excluding carboxylic acids is 2. The molecule has 4 atom stereocenters. The minimum atomic E-state index is -0.868. The smallest absolute Gasteiger partial charge is 0.516 e. The molecule has 4 unspecified atom stereocenters. The third-order valence-corrected chi connectivity index (χ3v) is 4.66. The summed E-state index contributed by atoms with van der Waals surface area (Å²) in [5.74, 6) is 0.335. The SMILES string of the molecule is C=CC(=O)OCC(O)COC(C)COc1cc[c-]cc1.C=CC(=O)OCC(O)COC(C)COc1cc[c-]cc1.[Y+3]. The van der Waals surface area contributed by atoms with Crippen molar-refractivity contribution >= 4 is 11.9 Å². The van der Waals surface area contributed by atoms with Gasteiger partial charge in [-0.05, 0) is 13.8 Å². The Labute approximate surface area is 267 Å². The molecule has 11 heteroatoms. The van der Waals surface area contributed by atoms with Crippen LogP contribution in [0.15, 0.2) is 73.8 Å². The van der Waals surface area contributed by atoms with Crippen molar-refractivity contribution in [1.82, 2.24) is 0 Å². The van der Waals surface area contributed by atoms with E-state index in [2.05, 4.69) is 25.3 Å². The monoisotopic (exact) mass is 647 g/mol. The Morgan fingerprint density at radius 3 is 1.37 bits per heavy atom. The van der Waals surface area contributed by atoms with Crippen LogP contribution in [0.4, 0.5) is 0 Å². The summed E-state index contributed by atoms with van der Waals surface area (Å²) in [5, 5.41) is 19.1. The second kappa shape index (κ2) is 24.0. The van der Waals surface area contributed by atoms with Gasteiger partial charge in [0, 0.05) is 23.7 Å². The molecule has 0 aliphatic heterocycles. The summed E-state index contributed by atoms with van der Waals surface area (Å²) in [6, 6.07) is 20.0. The number of ether oxygens (including phenoxy) is 6. The normalized spacial score (nSPS) is 13.0. The van der Waals surface area contributed by atoms with E-state index in [9.17, 15) is 19.8 Å². The van der Waals surface area contributed by atoms with E-state index in [0.29, 0.717) is 13.2 Å². The average Bonchev–Trinajstić information content (AvgIpc) is 2.99. The van der Waals surface area contributed by atoms with Crippen molar-refractivity contribution in [3.63, 3.8) is 0 Å². The maximum absolute atomic E-state index is 10.8. The Hall–Kier alpha value is -2.60. The molecule has 0 saturated heterocycles. The largest absolute Gasteiger partial charge is 3.00 e. The first-order valence-electron chi connectivity index (χ1n) is 12.6. The standard InChI is InChI=1S/2C15H19O5.Y/c2*1-3-15(17)20-11-13(16)10-18-12(2)9-19-14-7-5-4-6-8-14;/h2*3,5-8,12-13,16H,1,9-11H2,2H3;/q2*-1;+3. The molecule has 10 nitrogen and oxygen atoms in total. The first-order chi connectivity index (χ1) is 19.2. The molecule has 0 fully saturated rings. The van der Waals surface area contributed by atoms with Gasteiger partial charge in [-0.2, -0.15) is 36.4 Å². The number of aliphatic hydroxyl groups is 2. The molecular weight excluding hydrogens is 609 g/mol. The first-order valence-corrected chi connectivity index (χ1v) is 12.6. The third kappa shape index (κ3) is 20.9. The summed E-state index contributed by atoms with van der Waals surface area (Å²) in [6.45, 7) is 10.8. The number of benzene rings is 2. The molecular formula is C30H38O10Y+. The van der Waals surface area contributed by atoms with Crippen LogP contribution in [0.1, 0.15) is 13.8 Å². The van der Waals surface area contributed by atoms with Crippen molar-refractivity contribution in [3.8, 4) is 11.5 Å². The van der Waals surface area contributed by atoms with Crippen molar-refractivity contribution in [2.45, 2.75) is 38.3 Å². The average molecular weight is 648 g/mol. The predicted molar refractivity (Wildman–Crippen MR) is 147 cm³/mol. The molecule has 41 heavy (non-hydrogen) atoms. The number of carbonyl (C=O) groups is 2. The fraction of sp³-hybridized carbons (Fsp3) is 0.400. The molecule has 0 spiro atoms. The van der Waals surface area contributed by atoms with E-state index in [4.69, 9.17) is 28.4 Å². The van der Waals surface area contributed by atoms with Crippen LogP contribution in [-0.2, 0) is 61.2 Å². The van der Waals surface area contributed by atoms with E-state index < -0.39 is 24.1 Å². The molecule has 2 rings (SSSR count). The summed E-state index contributed by atoms with van der Waals surface area (Å²) in [6.07, 6.45) is -0.0314. The van der Waals surface area contributed by atoms with Crippen molar-refractivity contribution in [3.05, 3.63) is 86.0 Å². The molecule has 0 amide bonds. The fourth-order valence-electron chi connectivity index (χ4n) is 2.58. The Kier molecular flexibility index (Phi) is 22.5. The zero-order valence-electron chi connectivity index (χ0n) is 23.5. The van der Waals surface area contributed by atoms with Crippen LogP contribution < -0.4 is 9.47 Å². The Morgan fingerprint density at radius 1 is 0.707 bits per heavy atom. The summed E-state index contributed by atoms with van der Waals surface area (Å²) >= 11 is 0. The molecule has 2 N–H and O–H groups in total. The van der Waals surface area contributed by atoms with Crippen LogP contribution in [0.25, 0.3) is 0 Å². The van der Waals surface area contributed by atoms with E-state index in [1.807, 2.05) is 13.8 Å². The Bertz CT molecular complexity index is 894. The van der Waals surface area contributed by atoms with Crippen molar-refractivity contribution in [2.75, 3.05) is 39.6 Å². The van der Waals surface area contributed by atoms with E-state index in [-0.39, 0.29) is 71.3 Å². The summed E-state index contributed by atoms with van der Waals surface area (Å²) in [7, 11) is 0. The van der Waals surface area contributed by atoms with E-state index in [1.165, 1.54) is 0 Å². The first kappa shape index (κ1) is 38.4. The van der Waals surface area contributed by atoms with Crippen LogP contribution in [0.3, 0.4) is 0 Å². The summed E-state index contributed by atoms with van der Waals surface area (Å²) < 4.78 is 31.1. The molecule has 0 heterocycles. The number of esters is 2. The van der Waals surface area contributed by atoms with Gasteiger partial charge in [0.05, 0.1) is 25.4 Å². The molecule has 0 radical (unpaired) electrons. The van der Waals surface area contributed by atoms with E-state index in [1.54, 1.807) is 48.5 Å². The molecule has 0 bridgehead atoms. The van der Waals surface area contributed by atoms with Crippen LogP contribution in [0.2, 0.25) is 0 Å². The zero-order chi connectivity index (χ0) is 29.6. The molecule has 0 aliphatic carbocycles. The fourth-order valence-corrected chi connectivity index (χ4v) is 2.58. The van der Waals surface area contributed by atoms with E-state index >= 15 is 0 Å². The number of hydrogen-bond acceptors (Lipinski definition) is 10. The van der Waals surface area contributed by atoms with Crippen molar-refractivity contribution in [2.24, 2.45) is 0 Å². The van der Waals surface area contributed by atoms with Gasteiger partial charge < -0.3 is 38.6 Å². The van der Waals surface area contributed by atoms with Crippen molar-refractivity contribution < 1.29 is 80.9 Å². The molecule has 2 aromatic carbocycles. The van der Waals surface area contributed by atoms with Gasteiger partial charge in [-0.1, -0.05) is 13.2 Å². The van der Waals surface area contributed by atoms with Crippen LogP contribution in [0.5, 0.6) is 11.5 Å². The van der Waals surface area contributed by atoms with Crippen LogP contribution >= 0.6 is 0 Å². The van der Waals surface area contributed by atoms with Gasteiger partial charge in [0.25, 0.3) is 0 Å². The summed E-state index contributed by atoms with van der Waals surface area (Å²) in [4.78, 5) is 21.6. The van der Waals surface area contributed by atoms with Gasteiger partial charge in [0.15, 0.2) is 0 Å². The van der Waals surface area contributed by atoms with Gasteiger partial charge >= 0.3 is 44.6 Å². The molecule has 0 aliphatic rings. The molecule has 0 saturated carbocycles. The second-order valence-electron chi connectivity index (χ2n) is 8.36. The van der Waals surface area contributed by atoms with Crippen LogP contribution in [-0.4, -0.2) is 86.2 Å². The zero-order valence-corrected chi connectivity index (χ0v) is 26.3. The number of hydrogen-bond donors (Lipinski definition) is 2. The molecule has 220 valence electrons. The second-order valence-corrected chi connectivity index (χ2v) is 8.36. The minimum Gasteiger partial charge on any atom is -0.516 e. The van der Waals surface area contributed by atoms with Crippen LogP contribution in [0, 0.1) is 12.1 Å². The van der Waals surface area contributed by atoms with Gasteiger partial charge in [-0.15, -0.1) is 24.3 Å². The van der Waals surface area contributed by atoms with Gasteiger partial charge in [0.2, 0.25) is 0 Å². The maximum Gasteiger partial charge on any atom is 3.00 e. The topological polar surface area (TPSA) is 130 Å². The molecule has 2 aromatic rings. The molecule has 0 aromatic heterocycles. The van der Waals surface area contributed by atoms with Gasteiger partial charge in [-0.3, -0.25) is 0 Å². The third-order valence-electron chi connectivity index (χ3n) is 4.66. The number of aliphatic hydroxyl groups excluding tert-OH is 2. The van der Waals surface area contributed by atoms with Crippen molar-refractivity contribution in [1.29, 1.82) is 0 Å². The Morgan fingerprint density at radius 2 is 1.05 bits per heavy atom. The predicted octanol–water partition coefficient (Wildman–Crippen LogP) is 2.72. The van der Waals surface area contributed by atoms with Gasteiger partial charge in [-0.25, -0.2) is 9.59 Å². The quantitative estimate of drug-likeness (QED) is 0.142. The minimum absolute atomic E-state index is 0.